The third kappa shape index (κ3) is 6.92. The average molecular weight is 557 g/mol. The van der Waals surface area contributed by atoms with E-state index in [2.05, 4.69) is 15.3 Å². The predicted octanol–water partition coefficient (Wildman–Crippen LogP) is 1.83. The minimum absolute atomic E-state index is 0.00228. The molecule has 1 aliphatic rings. The van der Waals surface area contributed by atoms with Gasteiger partial charge in [0.15, 0.2) is 11.6 Å². The van der Waals surface area contributed by atoms with Crippen molar-refractivity contribution >= 4 is 27.6 Å². The fourth-order valence-corrected chi connectivity index (χ4v) is 5.76. The van der Waals surface area contributed by atoms with Crippen molar-refractivity contribution in [3.05, 3.63) is 41.1 Å². The van der Waals surface area contributed by atoms with E-state index in [9.17, 15) is 27.1 Å². The van der Waals surface area contributed by atoms with Gasteiger partial charge >= 0.3 is 0 Å². The maximum Gasteiger partial charge on any atom is 0.224 e. The van der Waals surface area contributed by atoms with Crippen molar-refractivity contribution in [3.63, 3.8) is 0 Å². The summed E-state index contributed by atoms with van der Waals surface area (Å²) in [6, 6.07) is 1.86. The molecule has 2 heterocycles. The monoisotopic (exact) mass is 556 g/mol. The number of aromatic nitrogens is 2. The molecule has 1 aromatic carbocycles. The summed E-state index contributed by atoms with van der Waals surface area (Å²) in [6.07, 6.45) is 2.53. The summed E-state index contributed by atoms with van der Waals surface area (Å²) < 4.78 is 59.9. The van der Waals surface area contributed by atoms with Crippen LogP contribution < -0.4 is 15.8 Å². The zero-order chi connectivity index (χ0) is 28.0. The molecule has 0 bridgehead atoms. The number of carbonyl (C=O) groups is 1. The highest BCUT2D eigenvalue weighted by Crippen LogP contribution is 2.28. The molecule has 0 amide bonds. The van der Waals surface area contributed by atoms with Crippen LogP contribution in [0, 0.1) is 11.6 Å². The third-order valence-corrected chi connectivity index (χ3v) is 8.49. The molecule has 1 saturated heterocycles. The van der Waals surface area contributed by atoms with E-state index >= 15 is 0 Å². The number of nitrogens with two attached hydrogens (primary N) is 1. The third-order valence-electron chi connectivity index (χ3n) is 6.53. The first-order valence-corrected chi connectivity index (χ1v) is 13.9. The van der Waals surface area contributed by atoms with E-state index in [1.807, 2.05) is 6.92 Å². The molecule has 38 heavy (non-hydrogen) atoms. The second-order valence-electron chi connectivity index (χ2n) is 9.12. The quantitative estimate of drug-likeness (QED) is 0.261. The number of ketones is 1. The lowest BCUT2D eigenvalue weighted by Gasteiger charge is -2.32. The second kappa shape index (κ2) is 12.7. The Morgan fingerprint density at radius 3 is 2.63 bits per heavy atom. The van der Waals surface area contributed by atoms with E-state index in [-0.39, 0.29) is 34.9 Å². The van der Waals surface area contributed by atoms with Crippen LogP contribution in [0.2, 0.25) is 0 Å². The topological polar surface area (TPSA) is 151 Å². The van der Waals surface area contributed by atoms with Crippen molar-refractivity contribution in [2.75, 3.05) is 50.6 Å². The van der Waals surface area contributed by atoms with Gasteiger partial charge in [-0.05, 0) is 44.9 Å². The number of hydrogen-bond donors (Lipinski definition) is 3. The van der Waals surface area contributed by atoms with Crippen LogP contribution in [-0.2, 0) is 10.0 Å². The van der Waals surface area contributed by atoms with Crippen LogP contribution in [0.25, 0.3) is 0 Å². The smallest absolute Gasteiger partial charge is 0.224 e. The van der Waals surface area contributed by atoms with Crippen LogP contribution in [0.15, 0.2) is 18.3 Å². The summed E-state index contributed by atoms with van der Waals surface area (Å²) in [7, 11) is -0.445. The number of methoxy groups -OCH3 is 1. The molecule has 1 atom stereocenters. The van der Waals surface area contributed by atoms with Crippen LogP contribution in [0.3, 0.4) is 0 Å². The molecular formula is C24H34F2N6O5S. The van der Waals surface area contributed by atoms with Gasteiger partial charge in [-0.15, -0.1) is 0 Å². The zero-order valence-electron chi connectivity index (χ0n) is 21.7. The minimum Gasteiger partial charge on any atom is -0.496 e. The number of benzene rings is 1. The summed E-state index contributed by atoms with van der Waals surface area (Å²) in [5, 5.41) is 12.9. The summed E-state index contributed by atoms with van der Waals surface area (Å²) in [6.45, 7) is 2.97. The molecule has 14 heteroatoms. The first-order chi connectivity index (χ1) is 18.0. The molecule has 2 aromatic rings. The van der Waals surface area contributed by atoms with Gasteiger partial charge in [0.25, 0.3) is 0 Å². The summed E-state index contributed by atoms with van der Waals surface area (Å²) in [4.78, 5) is 22.8. The molecule has 0 aliphatic carbocycles. The molecule has 1 aromatic heterocycles. The van der Waals surface area contributed by atoms with E-state index in [1.165, 1.54) is 11.4 Å². The number of aliphatic hydroxyl groups is 1. The van der Waals surface area contributed by atoms with Crippen LogP contribution in [-0.4, -0.2) is 90.3 Å². The fraction of sp³-hybridized carbons (Fsp3) is 0.542. The lowest BCUT2D eigenvalue weighted by atomic mass is 10.0. The number of ether oxygens (including phenoxy) is 1. The Morgan fingerprint density at radius 1 is 1.34 bits per heavy atom. The minimum atomic E-state index is -3.43. The Kier molecular flexibility index (Phi) is 9.93. The molecule has 0 radical (unpaired) electrons. The number of nitrogens with one attached hydrogen (secondary N) is 1. The number of nitrogen functional groups attached to an aromatic ring is 1. The Hall–Kier alpha value is -2.94. The highest BCUT2D eigenvalue weighted by atomic mass is 32.2. The molecule has 1 aliphatic heterocycles. The number of sulfonamides is 1. The summed E-state index contributed by atoms with van der Waals surface area (Å²) in [5.41, 5.74) is 5.13. The van der Waals surface area contributed by atoms with Gasteiger partial charge in [0.05, 0.1) is 18.4 Å². The van der Waals surface area contributed by atoms with Gasteiger partial charge in [-0.25, -0.2) is 26.5 Å². The second-order valence-corrected chi connectivity index (χ2v) is 11.2. The van der Waals surface area contributed by atoms with Crippen LogP contribution in [0.4, 0.5) is 20.5 Å². The number of piperidine rings is 1. The fourth-order valence-electron chi connectivity index (χ4n) is 4.24. The average Bonchev–Trinajstić information content (AvgIpc) is 2.89. The maximum atomic E-state index is 14.3. The molecule has 0 spiro atoms. The Morgan fingerprint density at radius 2 is 2.03 bits per heavy atom. The molecule has 3 rings (SSSR count). The lowest BCUT2D eigenvalue weighted by Crippen LogP contribution is -2.44. The summed E-state index contributed by atoms with van der Waals surface area (Å²) in [5.74, 6) is -3.73. The van der Waals surface area contributed by atoms with E-state index in [4.69, 9.17) is 10.5 Å². The van der Waals surface area contributed by atoms with Crippen molar-refractivity contribution in [3.8, 4) is 5.75 Å². The van der Waals surface area contributed by atoms with Gasteiger partial charge in [0, 0.05) is 31.9 Å². The SMILES string of the molecule is CC[C@H](O)N(C)CCCS(=O)(=O)N1CCC(Nc2ncc(C(=O)c3c(OC)ccc(F)c3F)c(N)n2)CC1. The molecular weight excluding hydrogens is 522 g/mol. The molecule has 1 fully saturated rings. The van der Waals surface area contributed by atoms with Gasteiger partial charge in [0.1, 0.15) is 23.4 Å². The van der Waals surface area contributed by atoms with Crippen molar-refractivity contribution in [1.82, 2.24) is 19.2 Å². The zero-order valence-corrected chi connectivity index (χ0v) is 22.5. The Balaban J connectivity index is 1.58. The van der Waals surface area contributed by atoms with Crippen molar-refractivity contribution in [1.29, 1.82) is 0 Å². The predicted molar refractivity (Wildman–Crippen MR) is 138 cm³/mol. The molecule has 0 saturated carbocycles. The number of anilines is 2. The molecule has 0 unspecified atom stereocenters. The molecule has 210 valence electrons. The van der Waals surface area contributed by atoms with E-state index < -0.39 is 39.2 Å². The Bertz CT molecular complexity index is 1240. The first kappa shape index (κ1) is 29.6. The van der Waals surface area contributed by atoms with Crippen molar-refractivity contribution in [2.24, 2.45) is 0 Å². The number of halogens is 2. The van der Waals surface area contributed by atoms with Crippen molar-refractivity contribution in [2.45, 2.75) is 44.9 Å². The van der Waals surface area contributed by atoms with Gasteiger partial charge in [-0.1, -0.05) is 6.92 Å². The largest absolute Gasteiger partial charge is 0.496 e. The maximum absolute atomic E-state index is 14.3. The molecule has 4 N–H and O–H groups in total. The summed E-state index contributed by atoms with van der Waals surface area (Å²) >= 11 is 0. The van der Waals surface area contributed by atoms with Gasteiger partial charge in [-0.3, -0.25) is 9.69 Å². The number of carbonyl (C=O) groups excluding carboxylic acids is 1. The van der Waals surface area contributed by atoms with E-state index in [0.717, 1.165) is 18.3 Å². The number of rotatable bonds is 12. The normalized spacial score (nSPS) is 16.0. The van der Waals surface area contributed by atoms with E-state index in [1.54, 1.807) is 11.9 Å². The standard InChI is InChI=1S/C24H34F2N6O5S/c1-4-19(33)31(2)10-5-13-38(35,36)32-11-8-15(9-12-32)29-24-28-14-16(23(27)30-24)22(34)20-18(37-3)7-6-17(25)21(20)26/h6-7,14-15,19,33H,4-5,8-13H2,1-3H3,(H3,27,28,29,30)/t19-/m0/s1. The highest BCUT2D eigenvalue weighted by molar-refractivity contribution is 7.89. The number of nitrogens with zero attached hydrogens (tertiary/aromatic N) is 4. The van der Waals surface area contributed by atoms with Gasteiger partial charge < -0.3 is 20.9 Å². The van der Waals surface area contributed by atoms with Crippen LogP contribution in [0.1, 0.15) is 48.5 Å². The van der Waals surface area contributed by atoms with Crippen molar-refractivity contribution < 1.29 is 31.8 Å². The van der Waals surface area contributed by atoms with Gasteiger partial charge in [0.2, 0.25) is 21.8 Å². The van der Waals surface area contributed by atoms with E-state index in [0.29, 0.717) is 45.3 Å². The Labute approximate surface area is 221 Å². The molecule has 11 nitrogen and oxygen atoms in total. The first-order valence-electron chi connectivity index (χ1n) is 12.3. The highest BCUT2D eigenvalue weighted by Gasteiger charge is 2.29. The van der Waals surface area contributed by atoms with Crippen LogP contribution >= 0.6 is 0 Å². The van der Waals surface area contributed by atoms with Crippen LogP contribution in [0.5, 0.6) is 5.75 Å². The number of hydrogen-bond acceptors (Lipinski definition) is 10. The lowest BCUT2D eigenvalue weighted by molar-refractivity contribution is 0.0199. The number of aliphatic hydroxyl groups excluding tert-OH is 1. The van der Waals surface area contributed by atoms with Gasteiger partial charge in [-0.2, -0.15) is 4.98 Å².